The standard InChI is InChI=1S/C10H21N3/c1-11-4-6-13(3)7-5-12(2)9-10(13)8-11/h4-9H2,1-3H3. The molecule has 0 N–H and O–H groups in total. The number of piperazine rings is 2. The van der Waals surface area contributed by atoms with Gasteiger partial charge in [0.25, 0.3) is 0 Å². The Bertz CT molecular complexity index is 177. The molecular formula is C10H21N3. The van der Waals surface area contributed by atoms with Crippen LogP contribution in [0, 0.1) is 6.04 Å². The van der Waals surface area contributed by atoms with E-state index in [0.29, 0.717) is 0 Å². The van der Waals surface area contributed by atoms with Crippen molar-refractivity contribution in [3.63, 3.8) is 0 Å². The third-order valence-electron chi connectivity index (χ3n) is 3.62. The van der Waals surface area contributed by atoms with Gasteiger partial charge in [0.2, 0.25) is 0 Å². The van der Waals surface area contributed by atoms with Gasteiger partial charge < -0.3 is 14.3 Å². The first-order valence-electron chi connectivity index (χ1n) is 5.17. The zero-order chi connectivity index (χ0) is 9.47. The first-order chi connectivity index (χ1) is 6.10. The summed E-state index contributed by atoms with van der Waals surface area (Å²) in [4.78, 5) is 4.88. The van der Waals surface area contributed by atoms with Crippen LogP contribution in [-0.2, 0) is 0 Å². The van der Waals surface area contributed by atoms with Gasteiger partial charge in [0.15, 0.2) is 0 Å². The Morgan fingerprint density at radius 1 is 1.00 bits per heavy atom. The molecule has 0 aliphatic carbocycles. The summed E-state index contributed by atoms with van der Waals surface area (Å²) in [6.45, 7) is 7.51. The summed E-state index contributed by atoms with van der Waals surface area (Å²) in [6.07, 6.45) is 0. The molecule has 0 bridgehead atoms. The number of quaternary nitrogens is 1. The van der Waals surface area contributed by atoms with Gasteiger partial charge in [0, 0.05) is 20.1 Å². The normalized spacial score (nSPS) is 31.6. The minimum absolute atomic E-state index is 1.20. The molecule has 0 atom stereocenters. The number of rotatable bonds is 0. The van der Waals surface area contributed by atoms with Crippen molar-refractivity contribution >= 4 is 0 Å². The average Bonchev–Trinajstić information content (AvgIpc) is 2.08. The summed E-state index contributed by atoms with van der Waals surface area (Å²) < 4.78 is 1.23. The van der Waals surface area contributed by atoms with E-state index < -0.39 is 0 Å². The van der Waals surface area contributed by atoms with Gasteiger partial charge in [0.1, 0.15) is 0 Å². The third kappa shape index (κ3) is 1.73. The Morgan fingerprint density at radius 2 is 1.46 bits per heavy atom. The molecule has 0 saturated carbocycles. The second-order valence-electron chi connectivity index (χ2n) is 4.88. The Morgan fingerprint density at radius 3 is 1.92 bits per heavy atom. The van der Waals surface area contributed by atoms with E-state index in [0.717, 1.165) is 0 Å². The van der Waals surface area contributed by atoms with Crippen LogP contribution in [0.25, 0.3) is 0 Å². The van der Waals surface area contributed by atoms with Gasteiger partial charge in [-0.1, -0.05) is 19.1 Å². The molecule has 2 aliphatic rings. The van der Waals surface area contributed by atoms with E-state index in [1.807, 2.05) is 0 Å². The number of fused-ring (bicyclic) bond motifs is 1. The monoisotopic (exact) mass is 183 g/mol. The number of hydrogen-bond acceptors (Lipinski definition) is 2. The van der Waals surface area contributed by atoms with E-state index in [1.54, 1.807) is 6.04 Å². The van der Waals surface area contributed by atoms with Crippen molar-refractivity contribution in [3.05, 3.63) is 6.04 Å². The van der Waals surface area contributed by atoms with E-state index in [2.05, 4.69) is 30.9 Å². The fourth-order valence-electron chi connectivity index (χ4n) is 2.38. The number of likely N-dealkylation sites (N-methyl/N-ethyl adjacent to an activating group) is 3. The quantitative estimate of drug-likeness (QED) is 0.381. The molecule has 0 spiro atoms. The van der Waals surface area contributed by atoms with Gasteiger partial charge in [-0.2, -0.15) is 0 Å². The molecule has 2 saturated heterocycles. The van der Waals surface area contributed by atoms with E-state index in [-0.39, 0.29) is 0 Å². The molecule has 2 heterocycles. The molecule has 2 aliphatic heterocycles. The lowest BCUT2D eigenvalue weighted by molar-refractivity contribution is -0.906. The summed E-state index contributed by atoms with van der Waals surface area (Å²) in [7, 11) is 6.85. The van der Waals surface area contributed by atoms with Crippen LogP contribution in [0.5, 0.6) is 0 Å². The van der Waals surface area contributed by atoms with Gasteiger partial charge in [0.05, 0.1) is 13.1 Å². The van der Waals surface area contributed by atoms with Gasteiger partial charge in [-0.25, -0.2) is 0 Å². The fraction of sp³-hybridized carbons (Fsp3) is 0.900. The second-order valence-corrected chi connectivity index (χ2v) is 4.88. The highest BCUT2D eigenvalue weighted by Gasteiger charge is 2.31. The third-order valence-corrected chi connectivity index (χ3v) is 3.62. The summed E-state index contributed by atoms with van der Waals surface area (Å²) in [6, 6.07) is 1.70. The molecule has 0 aromatic heterocycles. The van der Waals surface area contributed by atoms with Crippen LogP contribution in [0.3, 0.4) is 0 Å². The summed E-state index contributed by atoms with van der Waals surface area (Å²) in [5.41, 5.74) is 0. The molecule has 3 heteroatoms. The van der Waals surface area contributed by atoms with Crippen molar-refractivity contribution in [1.82, 2.24) is 9.80 Å². The van der Waals surface area contributed by atoms with Crippen LogP contribution in [0.4, 0.5) is 0 Å². The van der Waals surface area contributed by atoms with E-state index >= 15 is 0 Å². The topological polar surface area (TPSA) is 6.48 Å². The summed E-state index contributed by atoms with van der Waals surface area (Å²) in [5, 5.41) is 0. The van der Waals surface area contributed by atoms with Crippen LogP contribution >= 0.6 is 0 Å². The van der Waals surface area contributed by atoms with Crippen molar-refractivity contribution in [1.29, 1.82) is 0 Å². The summed E-state index contributed by atoms with van der Waals surface area (Å²) >= 11 is 0. The largest absolute Gasteiger partial charge is 0.451 e. The molecule has 0 radical (unpaired) electrons. The predicted octanol–water partition coefficient (Wildman–Crippen LogP) is -0.144. The zero-order valence-electron chi connectivity index (χ0n) is 9.08. The van der Waals surface area contributed by atoms with E-state index in [4.69, 9.17) is 0 Å². The number of hydrogen-bond donors (Lipinski definition) is 0. The number of nitrogens with zero attached hydrogens (tertiary/aromatic N) is 3. The lowest BCUT2D eigenvalue weighted by Crippen LogP contribution is -2.65. The maximum atomic E-state index is 2.44. The van der Waals surface area contributed by atoms with Crippen LogP contribution in [0.1, 0.15) is 0 Å². The highest BCUT2D eigenvalue weighted by molar-refractivity contribution is 4.92. The van der Waals surface area contributed by atoms with Gasteiger partial charge in [-0.15, -0.1) is 0 Å². The van der Waals surface area contributed by atoms with Crippen molar-refractivity contribution in [2.24, 2.45) is 0 Å². The molecule has 3 nitrogen and oxygen atoms in total. The van der Waals surface area contributed by atoms with E-state index in [1.165, 1.54) is 43.8 Å². The first-order valence-corrected chi connectivity index (χ1v) is 5.17. The minimum Gasteiger partial charge on any atom is -0.451 e. The Kier molecular flexibility index (Phi) is 2.34. The molecule has 13 heavy (non-hydrogen) atoms. The SMILES string of the molecule is CN1CC[N+]2(C)CCN(C)C[C-]2C1. The van der Waals surface area contributed by atoms with Gasteiger partial charge >= 0.3 is 0 Å². The van der Waals surface area contributed by atoms with Crippen molar-refractivity contribution < 1.29 is 4.48 Å². The Balaban J connectivity index is 2.07. The predicted molar refractivity (Wildman–Crippen MR) is 54.2 cm³/mol. The minimum atomic E-state index is 1.20. The Labute approximate surface area is 81.5 Å². The zero-order valence-corrected chi connectivity index (χ0v) is 9.08. The highest BCUT2D eigenvalue weighted by atomic mass is 15.5. The average molecular weight is 183 g/mol. The van der Waals surface area contributed by atoms with Crippen molar-refractivity contribution in [3.8, 4) is 0 Å². The van der Waals surface area contributed by atoms with Crippen LogP contribution in [0.15, 0.2) is 0 Å². The molecule has 76 valence electrons. The van der Waals surface area contributed by atoms with E-state index in [9.17, 15) is 0 Å². The van der Waals surface area contributed by atoms with Crippen LogP contribution in [-0.4, -0.2) is 74.7 Å². The maximum absolute atomic E-state index is 2.44. The lowest BCUT2D eigenvalue weighted by atomic mass is 10.1. The highest BCUT2D eigenvalue weighted by Crippen LogP contribution is 2.26. The van der Waals surface area contributed by atoms with Crippen molar-refractivity contribution in [2.75, 3.05) is 60.4 Å². The molecule has 0 aromatic carbocycles. The van der Waals surface area contributed by atoms with Crippen LogP contribution in [0.2, 0.25) is 0 Å². The fourth-order valence-corrected chi connectivity index (χ4v) is 2.38. The van der Waals surface area contributed by atoms with Gasteiger partial charge in [-0.3, -0.25) is 0 Å². The summed E-state index contributed by atoms with van der Waals surface area (Å²) in [5.74, 6) is 0. The molecule has 2 rings (SSSR count). The van der Waals surface area contributed by atoms with Crippen LogP contribution < -0.4 is 0 Å². The molecule has 2 fully saturated rings. The molecular weight excluding hydrogens is 162 g/mol. The Hall–Kier alpha value is -0.120. The molecule has 0 aromatic rings. The lowest BCUT2D eigenvalue weighted by Gasteiger charge is -2.61. The van der Waals surface area contributed by atoms with Crippen molar-refractivity contribution in [2.45, 2.75) is 0 Å². The molecule has 0 unspecified atom stereocenters. The molecule has 0 amide bonds. The van der Waals surface area contributed by atoms with Gasteiger partial charge in [-0.05, 0) is 14.1 Å². The first kappa shape index (κ1) is 9.44. The maximum Gasteiger partial charge on any atom is 0.0676 e. The second kappa shape index (κ2) is 3.23. The smallest absolute Gasteiger partial charge is 0.0676 e.